The molecule has 5 nitrogen and oxygen atoms in total. The summed E-state index contributed by atoms with van der Waals surface area (Å²) in [6, 6.07) is 4.16. The Morgan fingerprint density at radius 1 is 1.59 bits per heavy atom. The van der Waals surface area contributed by atoms with E-state index in [0.29, 0.717) is 11.0 Å². The largest absolute Gasteiger partial charge is 0.338 e. The standard InChI is InChI=1S/C11H11BrN2O3/c1-3-4-13(2)11(15)8-5-9(12)7-10(6-8)14(16)17/h3,5-7H,1,4H2,2H3. The molecule has 0 aliphatic rings. The van der Waals surface area contributed by atoms with Crippen molar-refractivity contribution in [3.63, 3.8) is 0 Å². The minimum atomic E-state index is -0.533. The van der Waals surface area contributed by atoms with Crippen molar-refractivity contribution in [2.24, 2.45) is 0 Å². The topological polar surface area (TPSA) is 63.5 Å². The van der Waals surface area contributed by atoms with Gasteiger partial charge in [0.2, 0.25) is 0 Å². The predicted molar refractivity (Wildman–Crippen MR) is 68.0 cm³/mol. The fourth-order valence-electron chi connectivity index (χ4n) is 1.30. The molecule has 0 unspecified atom stereocenters. The van der Waals surface area contributed by atoms with E-state index in [1.165, 1.54) is 17.0 Å². The number of rotatable bonds is 4. The number of benzene rings is 1. The first kappa shape index (κ1) is 13.4. The summed E-state index contributed by atoms with van der Waals surface area (Å²) in [5, 5.41) is 10.7. The summed E-state index contributed by atoms with van der Waals surface area (Å²) in [7, 11) is 1.61. The van der Waals surface area contributed by atoms with Crippen LogP contribution in [0.15, 0.2) is 35.3 Å². The third-order valence-electron chi connectivity index (χ3n) is 2.09. The summed E-state index contributed by atoms with van der Waals surface area (Å²) in [6.45, 7) is 3.92. The average Bonchev–Trinajstić information content (AvgIpc) is 2.27. The predicted octanol–water partition coefficient (Wildman–Crippen LogP) is 2.62. The molecule has 0 spiro atoms. The third kappa shape index (κ3) is 3.39. The number of nitro groups is 1. The first-order valence-corrected chi connectivity index (χ1v) is 5.56. The number of halogens is 1. The Morgan fingerprint density at radius 2 is 2.24 bits per heavy atom. The first-order valence-electron chi connectivity index (χ1n) is 4.77. The number of hydrogen-bond acceptors (Lipinski definition) is 3. The van der Waals surface area contributed by atoms with Crippen LogP contribution in [0.5, 0.6) is 0 Å². The van der Waals surface area contributed by atoms with E-state index in [4.69, 9.17) is 0 Å². The Hall–Kier alpha value is -1.69. The number of carbonyl (C=O) groups excluding carboxylic acids is 1. The van der Waals surface area contributed by atoms with Crippen LogP contribution in [0.1, 0.15) is 10.4 Å². The van der Waals surface area contributed by atoms with Crippen molar-refractivity contribution in [2.75, 3.05) is 13.6 Å². The van der Waals surface area contributed by atoms with Crippen molar-refractivity contribution >= 4 is 27.5 Å². The van der Waals surface area contributed by atoms with E-state index in [9.17, 15) is 14.9 Å². The van der Waals surface area contributed by atoms with Crippen LogP contribution in [0, 0.1) is 10.1 Å². The molecule has 0 radical (unpaired) electrons. The van der Waals surface area contributed by atoms with Crippen LogP contribution in [0.3, 0.4) is 0 Å². The Balaban J connectivity index is 3.09. The molecule has 0 bridgehead atoms. The monoisotopic (exact) mass is 298 g/mol. The summed E-state index contributed by atoms with van der Waals surface area (Å²) in [5.74, 6) is -0.283. The molecule has 0 heterocycles. The van der Waals surface area contributed by atoms with Crippen LogP contribution in [0.2, 0.25) is 0 Å². The lowest BCUT2D eigenvalue weighted by Gasteiger charge is -2.14. The third-order valence-corrected chi connectivity index (χ3v) is 2.55. The molecule has 0 aromatic heterocycles. The van der Waals surface area contributed by atoms with Crippen LogP contribution in [-0.4, -0.2) is 29.3 Å². The van der Waals surface area contributed by atoms with Crippen LogP contribution < -0.4 is 0 Å². The molecule has 1 aromatic rings. The highest BCUT2D eigenvalue weighted by molar-refractivity contribution is 9.10. The Bertz CT molecular complexity index is 474. The molecule has 0 fully saturated rings. The molecule has 1 aromatic carbocycles. The maximum Gasteiger partial charge on any atom is 0.271 e. The van der Waals surface area contributed by atoms with E-state index in [-0.39, 0.29) is 17.2 Å². The fourth-order valence-corrected chi connectivity index (χ4v) is 1.78. The lowest BCUT2D eigenvalue weighted by atomic mass is 10.2. The lowest BCUT2D eigenvalue weighted by Crippen LogP contribution is -2.26. The van der Waals surface area contributed by atoms with Crippen molar-refractivity contribution in [1.29, 1.82) is 0 Å². The lowest BCUT2D eigenvalue weighted by molar-refractivity contribution is -0.385. The van der Waals surface area contributed by atoms with Gasteiger partial charge in [0.1, 0.15) is 0 Å². The van der Waals surface area contributed by atoms with E-state index >= 15 is 0 Å². The van der Waals surface area contributed by atoms with Gasteiger partial charge in [0.05, 0.1) is 4.92 Å². The Kier molecular flexibility index (Phi) is 4.39. The number of likely N-dealkylation sites (N-methyl/N-ethyl adjacent to an activating group) is 1. The summed E-state index contributed by atoms with van der Waals surface area (Å²) >= 11 is 3.14. The second-order valence-corrected chi connectivity index (χ2v) is 4.35. The highest BCUT2D eigenvalue weighted by Crippen LogP contribution is 2.22. The smallest absolute Gasteiger partial charge is 0.271 e. The van der Waals surface area contributed by atoms with Crippen molar-refractivity contribution in [3.05, 3.63) is 51.0 Å². The van der Waals surface area contributed by atoms with E-state index in [2.05, 4.69) is 22.5 Å². The molecule has 0 saturated carbocycles. The van der Waals surface area contributed by atoms with Crippen LogP contribution in [0.25, 0.3) is 0 Å². The molecule has 0 N–H and O–H groups in total. The molecule has 6 heteroatoms. The molecule has 0 atom stereocenters. The molecule has 17 heavy (non-hydrogen) atoms. The number of non-ortho nitro benzene ring substituents is 1. The normalized spacial score (nSPS) is 9.76. The highest BCUT2D eigenvalue weighted by atomic mass is 79.9. The maximum atomic E-state index is 11.9. The highest BCUT2D eigenvalue weighted by Gasteiger charge is 2.16. The Morgan fingerprint density at radius 3 is 2.76 bits per heavy atom. The van der Waals surface area contributed by atoms with Gasteiger partial charge in [-0.2, -0.15) is 0 Å². The number of hydrogen-bond donors (Lipinski definition) is 0. The summed E-state index contributed by atoms with van der Waals surface area (Å²) in [4.78, 5) is 23.5. The molecular formula is C11H11BrN2O3. The van der Waals surface area contributed by atoms with Gasteiger partial charge < -0.3 is 4.90 Å². The molecule has 90 valence electrons. The molecule has 1 rings (SSSR count). The van der Waals surface area contributed by atoms with E-state index in [1.807, 2.05) is 0 Å². The number of amides is 1. The zero-order chi connectivity index (χ0) is 13.0. The summed E-state index contributed by atoms with van der Waals surface area (Å²) in [6.07, 6.45) is 1.59. The van der Waals surface area contributed by atoms with Crippen molar-refractivity contribution < 1.29 is 9.72 Å². The number of nitrogens with zero attached hydrogens (tertiary/aromatic N) is 2. The SMILES string of the molecule is C=CCN(C)C(=O)c1cc(Br)cc([N+](=O)[O-])c1. The fraction of sp³-hybridized carbons (Fsp3) is 0.182. The number of nitro benzene ring substituents is 1. The molecular weight excluding hydrogens is 288 g/mol. The van der Waals surface area contributed by atoms with Gasteiger partial charge >= 0.3 is 0 Å². The summed E-state index contributed by atoms with van der Waals surface area (Å²) < 4.78 is 0.502. The van der Waals surface area contributed by atoms with Crippen molar-refractivity contribution in [2.45, 2.75) is 0 Å². The van der Waals surface area contributed by atoms with Crippen LogP contribution in [0.4, 0.5) is 5.69 Å². The molecule has 1 amide bonds. The Labute approximate surface area is 107 Å². The second kappa shape index (κ2) is 5.58. The quantitative estimate of drug-likeness (QED) is 0.488. The first-order chi connectivity index (χ1) is 7.95. The van der Waals surface area contributed by atoms with Gasteiger partial charge in [0.25, 0.3) is 11.6 Å². The molecule has 0 aliphatic carbocycles. The van der Waals surface area contributed by atoms with Gasteiger partial charge in [-0.1, -0.05) is 22.0 Å². The molecule has 0 aliphatic heterocycles. The zero-order valence-electron chi connectivity index (χ0n) is 9.22. The van der Waals surface area contributed by atoms with Crippen LogP contribution >= 0.6 is 15.9 Å². The molecule has 0 saturated heterocycles. The van der Waals surface area contributed by atoms with Gasteiger partial charge in [-0.3, -0.25) is 14.9 Å². The maximum absolute atomic E-state index is 11.9. The van der Waals surface area contributed by atoms with Crippen LogP contribution in [-0.2, 0) is 0 Å². The minimum Gasteiger partial charge on any atom is -0.338 e. The summed E-state index contributed by atoms with van der Waals surface area (Å²) in [5.41, 5.74) is 0.158. The van der Waals surface area contributed by atoms with Crippen molar-refractivity contribution in [1.82, 2.24) is 4.90 Å². The van der Waals surface area contributed by atoms with E-state index < -0.39 is 4.92 Å². The van der Waals surface area contributed by atoms with Gasteiger partial charge in [-0.25, -0.2) is 0 Å². The van der Waals surface area contributed by atoms with Crippen molar-refractivity contribution in [3.8, 4) is 0 Å². The van der Waals surface area contributed by atoms with Gasteiger partial charge in [0.15, 0.2) is 0 Å². The van der Waals surface area contributed by atoms with Gasteiger partial charge in [0, 0.05) is 35.8 Å². The number of carbonyl (C=O) groups is 1. The van der Waals surface area contributed by atoms with Gasteiger partial charge in [-0.05, 0) is 6.07 Å². The minimum absolute atomic E-state index is 0.116. The zero-order valence-corrected chi connectivity index (χ0v) is 10.8. The van der Waals surface area contributed by atoms with Gasteiger partial charge in [-0.15, -0.1) is 6.58 Å². The second-order valence-electron chi connectivity index (χ2n) is 3.43. The average molecular weight is 299 g/mol. The van der Waals surface area contributed by atoms with E-state index in [1.54, 1.807) is 19.2 Å². The van der Waals surface area contributed by atoms with E-state index in [0.717, 1.165) is 0 Å².